The maximum atomic E-state index is 5.92. The highest BCUT2D eigenvalue weighted by molar-refractivity contribution is 9.10. The summed E-state index contributed by atoms with van der Waals surface area (Å²) in [5.41, 5.74) is 4.12. The molecule has 2 heterocycles. The van der Waals surface area contributed by atoms with Crippen LogP contribution in [0.3, 0.4) is 0 Å². The van der Waals surface area contributed by atoms with Crippen LogP contribution in [0.1, 0.15) is 31.0 Å². The van der Waals surface area contributed by atoms with Gasteiger partial charge in [-0.1, -0.05) is 43.7 Å². The molecule has 7 heteroatoms. The number of ether oxygens (including phenoxy) is 2. The van der Waals surface area contributed by atoms with Gasteiger partial charge in [0.05, 0.1) is 15.7 Å². The van der Waals surface area contributed by atoms with Crippen LogP contribution in [0.25, 0.3) is 11.1 Å². The van der Waals surface area contributed by atoms with Gasteiger partial charge in [-0.2, -0.15) is 0 Å². The van der Waals surface area contributed by atoms with E-state index in [2.05, 4.69) is 80.9 Å². The molecule has 0 saturated carbocycles. The first-order chi connectivity index (χ1) is 13.0. The smallest absolute Gasteiger partial charge is 0.316 e. The number of benzene rings is 1. The summed E-state index contributed by atoms with van der Waals surface area (Å²) in [6.45, 7) is 6.92. The van der Waals surface area contributed by atoms with Crippen molar-refractivity contribution in [2.24, 2.45) is 0 Å². The Morgan fingerprint density at radius 3 is 2.26 bits per heavy atom. The molecule has 6 nitrogen and oxygen atoms in total. The molecule has 0 aliphatic heterocycles. The second kappa shape index (κ2) is 8.90. The Morgan fingerprint density at radius 1 is 0.926 bits per heavy atom. The summed E-state index contributed by atoms with van der Waals surface area (Å²) in [5, 5.41) is 0. The van der Waals surface area contributed by atoms with Crippen molar-refractivity contribution >= 4 is 15.9 Å². The zero-order valence-corrected chi connectivity index (χ0v) is 17.1. The standard InChI is InChI=1S/C20H21BrN4O2/c1-13(2)18-17(15-6-4-14(3)5-7-15)19(25-12-24-18)26-8-9-27-20-22-10-16(21)11-23-20/h4-7,10-13H,8-9H2,1-3H3. The molecule has 0 amide bonds. The molecule has 0 fully saturated rings. The number of halogens is 1. The van der Waals surface area contributed by atoms with Gasteiger partial charge in [-0.15, -0.1) is 0 Å². The minimum Gasteiger partial charge on any atom is -0.474 e. The Kier molecular flexibility index (Phi) is 6.34. The molecule has 0 bridgehead atoms. The van der Waals surface area contributed by atoms with Gasteiger partial charge in [-0.3, -0.25) is 0 Å². The molecular formula is C20H21BrN4O2. The van der Waals surface area contributed by atoms with E-state index >= 15 is 0 Å². The molecule has 3 rings (SSSR count). The highest BCUT2D eigenvalue weighted by Crippen LogP contribution is 2.34. The summed E-state index contributed by atoms with van der Waals surface area (Å²) in [6.07, 6.45) is 4.82. The third-order valence-corrected chi connectivity index (χ3v) is 4.29. The van der Waals surface area contributed by atoms with E-state index in [4.69, 9.17) is 9.47 Å². The van der Waals surface area contributed by atoms with E-state index in [9.17, 15) is 0 Å². The fourth-order valence-electron chi connectivity index (χ4n) is 2.57. The van der Waals surface area contributed by atoms with Gasteiger partial charge in [-0.25, -0.2) is 19.9 Å². The van der Waals surface area contributed by atoms with Crippen LogP contribution >= 0.6 is 15.9 Å². The van der Waals surface area contributed by atoms with Crippen molar-refractivity contribution in [1.29, 1.82) is 0 Å². The van der Waals surface area contributed by atoms with Gasteiger partial charge >= 0.3 is 6.01 Å². The van der Waals surface area contributed by atoms with Crippen molar-refractivity contribution in [1.82, 2.24) is 19.9 Å². The quantitative estimate of drug-likeness (QED) is 0.512. The summed E-state index contributed by atoms with van der Waals surface area (Å²) in [6, 6.07) is 8.60. The zero-order valence-electron chi connectivity index (χ0n) is 15.5. The molecule has 0 saturated heterocycles. The molecule has 0 spiro atoms. The normalized spacial score (nSPS) is 10.9. The van der Waals surface area contributed by atoms with Crippen molar-refractivity contribution in [2.45, 2.75) is 26.7 Å². The van der Waals surface area contributed by atoms with E-state index in [1.54, 1.807) is 18.7 Å². The highest BCUT2D eigenvalue weighted by Gasteiger charge is 2.17. The predicted octanol–water partition coefficient (Wildman–Crippen LogP) is 4.59. The van der Waals surface area contributed by atoms with Crippen LogP contribution in [0.15, 0.2) is 47.5 Å². The van der Waals surface area contributed by atoms with Crippen LogP contribution in [0.5, 0.6) is 11.9 Å². The van der Waals surface area contributed by atoms with Crippen molar-refractivity contribution < 1.29 is 9.47 Å². The summed E-state index contributed by atoms with van der Waals surface area (Å²) in [4.78, 5) is 17.0. The second-order valence-electron chi connectivity index (χ2n) is 6.34. The molecule has 0 radical (unpaired) electrons. The average molecular weight is 429 g/mol. The van der Waals surface area contributed by atoms with E-state index in [1.807, 2.05) is 0 Å². The monoisotopic (exact) mass is 428 g/mol. The van der Waals surface area contributed by atoms with E-state index < -0.39 is 0 Å². The van der Waals surface area contributed by atoms with Crippen LogP contribution < -0.4 is 9.47 Å². The molecule has 0 atom stereocenters. The SMILES string of the molecule is Cc1ccc(-c2c(OCCOc3ncc(Br)cn3)ncnc2C(C)C)cc1. The maximum Gasteiger partial charge on any atom is 0.316 e. The number of hydrogen-bond acceptors (Lipinski definition) is 6. The van der Waals surface area contributed by atoms with Crippen molar-refractivity contribution in [3.63, 3.8) is 0 Å². The van der Waals surface area contributed by atoms with E-state index in [0.717, 1.165) is 21.3 Å². The molecule has 0 N–H and O–H groups in total. The Balaban J connectivity index is 1.75. The number of aromatic nitrogens is 4. The minimum absolute atomic E-state index is 0.249. The topological polar surface area (TPSA) is 70.0 Å². The van der Waals surface area contributed by atoms with Gasteiger partial charge in [0.15, 0.2) is 0 Å². The third kappa shape index (κ3) is 5.01. The molecule has 0 aliphatic rings. The van der Waals surface area contributed by atoms with Crippen molar-refractivity contribution in [3.8, 4) is 23.0 Å². The molecule has 1 aromatic carbocycles. The first-order valence-electron chi connectivity index (χ1n) is 8.69. The summed E-state index contributed by atoms with van der Waals surface area (Å²) in [5.74, 6) is 0.803. The zero-order chi connectivity index (χ0) is 19.2. The molecule has 27 heavy (non-hydrogen) atoms. The summed E-state index contributed by atoms with van der Waals surface area (Å²) in [7, 11) is 0. The Bertz CT molecular complexity index is 883. The fraction of sp³-hybridized carbons (Fsp3) is 0.300. The van der Waals surface area contributed by atoms with Gasteiger partial charge in [0.25, 0.3) is 0 Å². The largest absolute Gasteiger partial charge is 0.474 e. The first kappa shape index (κ1) is 19.2. The molecule has 2 aromatic heterocycles. The highest BCUT2D eigenvalue weighted by atomic mass is 79.9. The first-order valence-corrected chi connectivity index (χ1v) is 9.49. The maximum absolute atomic E-state index is 5.92. The second-order valence-corrected chi connectivity index (χ2v) is 7.26. The molecule has 3 aromatic rings. The molecule has 140 valence electrons. The van der Waals surface area contributed by atoms with Crippen LogP contribution in [-0.2, 0) is 0 Å². The number of nitrogens with zero attached hydrogens (tertiary/aromatic N) is 4. The van der Waals surface area contributed by atoms with Crippen LogP contribution in [0.4, 0.5) is 0 Å². The number of hydrogen-bond donors (Lipinski definition) is 0. The molecule has 0 unspecified atom stereocenters. The summed E-state index contributed by atoms with van der Waals surface area (Å²) < 4.78 is 12.2. The number of aryl methyl sites for hydroxylation is 1. The Hall–Kier alpha value is -2.54. The lowest BCUT2D eigenvalue weighted by Crippen LogP contribution is -2.12. The molecular weight excluding hydrogens is 408 g/mol. The Labute approximate surface area is 167 Å². The van der Waals surface area contributed by atoms with Crippen LogP contribution in [-0.4, -0.2) is 33.1 Å². The van der Waals surface area contributed by atoms with Gasteiger partial charge in [0, 0.05) is 12.4 Å². The van der Waals surface area contributed by atoms with E-state index in [1.165, 1.54) is 5.56 Å². The fourth-order valence-corrected chi connectivity index (χ4v) is 2.77. The van der Waals surface area contributed by atoms with Crippen LogP contribution in [0.2, 0.25) is 0 Å². The third-order valence-electron chi connectivity index (χ3n) is 3.88. The van der Waals surface area contributed by atoms with Gasteiger partial charge in [-0.05, 0) is 34.3 Å². The minimum atomic E-state index is 0.249. The van der Waals surface area contributed by atoms with Crippen molar-refractivity contribution in [3.05, 3.63) is 58.7 Å². The molecule has 0 aliphatic carbocycles. The Morgan fingerprint density at radius 2 is 1.59 bits per heavy atom. The van der Waals surface area contributed by atoms with E-state index in [-0.39, 0.29) is 5.92 Å². The van der Waals surface area contributed by atoms with Crippen molar-refractivity contribution in [2.75, 3.05) is 13.2 Å². The van der Waals surface area contributed by atoms with Gasteiger partial charge in [0.1, 0.15) is 19.5 Å². The lowest BCUT2D eigenvalue weighted by molar-refractivity contribution is 0.201. The lowest BCUT2D eigenvalue weighted by atomic mass is 9.98. The average Bonchev–Trinajstić information content (AvgIpc) is 2.67. The number of rotatable bonds is 7. The van der Waals surface area contributed by atoms with Crippen LogP contribution in [0, 0.1) is 6.92 Å². The van der Waals surface area contributed by atoms with Gasteiger partial charge in [0.2, 0.25) is 5.88 Å². The van der Waals surface area contributed by atoms with Gasteiger partial charge < -0.3 is 9.47 Å². The van der Waals surface area contributed by atoms with E-state index in [0.29, 0.717) is 25.1 Å². The predicted molar refractivity (Wildman–Crippen MR) is 107 cm³/mol. The lowest BCUT2D eigenvalue weighted by Gasteiger charge is -2.16. The summed E-state index contributed by atoms with van der Waals surface area (Å²) >= 11 is 3.29.